The van der Waals surface area contributed by atoms with Gasteiger partial charge in [0.05, 0.1) is 18.6 Å². The summed E-state index contributed by atoms with van der Waals surface area (Å²) in [6.07, 6.45) is 7.24. The van der Waals surface area contributed by atoms with E-state index in [0.29, 0.717) is 6.42 Å². The Hall–Kier alpha value is -1.42. The normalized spacial score (nSPS) is 23.7. The van der Waals surface area contributed by atoms with E-state index in [1.54, 1.807) is 24.3 Å². The molecule has 1 aliphatic rings. The molecule has 0 saturated heterocycles. The van der Waals surface area contributed by atoms with Gasteiger partial charge in [-0.2, -0.15) is 0 Å². The third-order valence-electron chi connectivity index (χ3n) is 3.66. The second-order valence-electron chi connectivity index (χ2n) is 4.96. The van der Waals surface area contributed by atoms with Gasteiger partial charge in [-0.15, -0.1) is 0 Å². The number of aromatic nitrogens is 1. The lowest BCUT2D eigenvalue weighted by atomic mass is 9.91. The van der Waals surface area contributed by atoms with Crippen LogP contribution in [-0.4, -0.2) is 40.1 Å². The summed E-state index contributed by atoms with van der Waals surface area (Å²) < 4.78 is 0. The second kappa shape index (κ2) is 5.96. The fourth-order valence-electron chi connectivity index (χ4n) is 2.53. The van der Waals surface area contributed by atoms with Crippen molar-refractivity contribution in [1.82, 2.24) is 9.88 Å². The quantitative estimate of drug-likeness (QED) is 0.879. The number of aliphatic hydroxyl groups is 1. The van der Waals surface area contributed by atoms with Crippen molar-refractivity contribution in [1.29, 1.82) is 0 Å². The van der Waals surface area contributed by atoms with E-state index < -0.39 is 0 Å². The number of pyridine rings is 1. The molecule has 1 saturated carbocycles. The lowest BCUT2D eigenvalue weighted by Crippen LogP contribution is -2.46. The Bertz CT molecular complexity index is 394. The number of carbonyl (C=O) groups is 1. The molecule has 1 aliphatic carbocycles. The first kappa shape index (κ1) is 13.0. The van der Waals surface area contributed by atoms with Crippen LogP contribution in [0.3, 0.4) is 0 Å². The van der Waals surface area contributed by atoms with Gasteiger partial charge in [-0.25, -0.2) is 0 Å². The molecule has 2 unspecified atom stereocenters. The number of carbonyl (C=O) groups excluding carboxylic acids is 1. The van der Waals surface area contributed by atoms with Crippen LogP contribution in [0.25, 0.3) is 0 Å². The summed E-state index contributed by atoms with van der Waals surface area (Å²) in [4.78, 5) is 17.9. The summed E-state index contributed by atoms with van der Waals surface area (Å²) in [5, 5.41) is 9.95. The van der Waals surface area contributed by atoms with Crippen LogP contribution < -0.4 is 0 Å². The summed E-state index contributed by atoms with van der Waals surface area (Å²) in [5.41, 5.74) is 0.916. The predicted octanol–water partition coefficient (Wildman–Crippen LogP) is 1.39. The van der Waals surface area contributed by atoms with Gasteiger partial charge in [-0.1, -0.05) is 18.9 Å². The Morgan fingerprint density at radius 3 is 2.94 bits per heavy atom. The maximum atomic E-state index is 12.1. The minimum atomic E-state index is -0.374. The molecule has 1 aromatic rings. The molecule has 1 N–H and O–H groups in total. The summed E-state index contributed by atoms with van der Waals surface area (Å²) in [6.45, 7) is 0. The highest BCUT2D eigenvalue weighted by Gasteiger charge is 2.29. The molecule has 4 heteroatoms. The molecular weight excluding hydrogens is 228 g/mol. The molecule has 0 aliphatic heterocycles. The highest BCUT2D eigenvalue weighted by Crippen LogP contribution is 2.22. The van der Waals surface area contributed by atoms with Crippen molar-refractivity contribution in [2.75, 3.05) is 7.05 Å². The van der Waals surface area contributed by atoms with Crippen LogP contribution >= 0.6 is 0 Å². The fraction of sp³-hybridized carbons (Fsp3) is 0.571. The standard InChI is InChI=1S/C14H20N2O2/c1-16(12-6-2-3-7-13(12)17)14(18)9-11-5-4-8-15-10-11/h4-5,8,10,12-13,17H,2-3,6-7,9H2,1H3. The highest BCUT2D eigenvalue weighted by atomic mass is 16.3. The Balaban J connectivity index is 1.96. The van der Waals surface area contributed by atoms with E-state index in [0.717, 1.165) is 31.2 Å². The third-order valence-corrected chi connectivity index (χ3v) is 3.66. The van der Waals surface area contributed by atoms with E-state index in [1.807, 2.05) is 12.1 Å². The molecule has 2 rings (SSSR count). The molecule has 2 atom stereocenters. The molecule has 0 bridgehead atoms. The lowest BCUT2D eigenvalue weighted by molar-refractivity contribution is -0.134. The van der Waals surface area contributed by atoms with Gasteiger partial charge in [-0.3, -0.25) is 9.78 Å². The van der Waals surface area contributed by atoms with Crippen LogP contribution in [0.5, 0.6) is 0 Å². The first-order chi connectivity index (χ1) is 8.68. The van der Waals surface area contributed by atoms with E-state index in [-0.39, 0.29) is 18.1 Å². The van der Waals surface area contributed by atoms with Gasteiger partial charge in [0.15, 0.2) is 0 Å². The van der Waals surface area contributed by atoms with Crippen LogP contribution in [0, 0.1) is 0 Å². The van der Waals surface area contributed by atoms with E-state index in [1.165, 1.54) is 0 Å². The molecule has 1 heterocycles. The zero-order valence-electron chi connectivity index (χ0n) is 10.7. The van der Waals surface area contributed by atoms with Crippen molar-refractivity contribution >= 4 is 5.91 Å². The number of amides is 1. The Kier molecular flexibility index (Phi) is 4.31. The maximum Gasteiger partial charge on any atom is 0.227 e. The van der Waals surface area contributed by atoms with Gasteiger partial charge in [0, 0.05) is 19.4 Å². The Morgan fingerprint density at radius 2 is 2.28 bits per heavy atom. The van der Waals surface area contributed by atoms with Crippen LogP contribution in [0.15, 0.2) is 24.5 Å². The van der Waals surface area contributed by atoms with E-state index in [2.05, 4.69) is 4.98 Å². The molecule has 0 aromatic carbocycles. The Morgan fingerprint density at radius 1 is 1.50 bits per heavy atom. The molecular formula is C14H20N2O2. The SMILES string of the molecule is CN(C(=O)Cc1cccnc1)C1CCCCC1O. The largest absolute Gasteiger partial charge is 0.391 e. The summed E-state index contributed by atoms with van der Waals surface area (Å²) in [5.74, 6) is 0.0500. The van der Waals surface area contributed by atoms with Crippen molar-refractivity contribution in [3.63, 3.8) is 0 Å². The van der Waals surface area contributed by atoms with Crippen LogP contribution in [0.2, 0.25) is 0 Å². The van der Waals surface area contributed by atoms with Crippen molar-refractivity contribution in [2.45, 2.75) is 44.2 Å². The average molecular weight is 248 g/mol. The van der Waals surface area contributed by atoms with Gasteiger partial charge >= 0.3 is 0 Å². The zero-order valence-corrected chi connectivity index (χ0v) is 10.7. The monoisotopic (exact) mass is 248 g/mol. The summed E-state index contributed by atoms with van der Waals surface area (Å²) in [6, 6.07) is 3.71. The van der Waals surface area contributed by atoms with Crippen molar-refractivity contribution < 1.29 is 9.90 Å². The van der Waals surface area contributed by atoms with Crippen molar-refractivity contribution in [3.05, 3.63) is 30.1 Å². The molecule has 18 heavy (non-hydrogen) atoms. The smallest absolute Gasteiger partial charge is 0.227 e. The maximum absolute atomic E-state index is 12.1. The number of rotatable bonds is 3. The van der Waals surface area contributed by atoms with Crippen molar-refractivity contribution in [2.24, 2.45) is 0 Å². The van der Waals surface area contributed by atoms with Gasteiger partial charge in [-0.05, 0) is 24.5 Å². The van der Waals surface area contributed by atoms with Gasteiger partial charge in [0.2, 0.25) is 5.91 Å². The number of aliphatic hydroxyl groups excluding tert-OH is 1. The number of nitrogens with zero attached hydrogens (tertiary/aromatic N) is 2. The third kappa shape index (κ3) is 3.07. The van der Waals surface area contributed by atoms with Crippen molar-refractivity contribution in [3.8, 4) is 0 Å². The molecule has 0 radical (unpaired) electrons. The molecule has 4 nitrogen and oxygen atoms in total. The number of hydrogen-bond acceptors (Lipinski definition) is 3. The highest BCUT2D eigenvalue weighted by molar-refractivity contribution is 5.78. The summed E-state index contributed by atoms with van der Waals surface area (Å²) in [7, 11) is 1.79. The van der Waals surface area contributed by atoms with Gasteiger partial charge < -0.3 is 10.0 Å². The fourth-order valence-corrected chi connectivity index (χ4v) is 2.53. The zero-order chi connectivity index (χ0) is 13.0. The Labute approximate surface area is 108 Å². The molecule has 1 amide bonds. The lowest BCUT2D eigenvalue weighted by Gasteiger charge is -2.35. The van der Waals surface area contributed by atoms with E-state index in [4.69, 9.17) is 0 Å². The number of likely N-dealkylation sites (N-methyl/N-ethyl adjacent to an activating group) is 1. The van der Waals surface area contributed by atoms with E-state index >= 15 is 0 Å². The summed E-state index contributed by atoms with van der Waals surface area (Å²) >= 11 is 0. The van der Waals surface area contributed by atoms with E-state index in [9.17, 15) is 9.90 Å². The molecule has 0 spiro atoms. The van der Waals surface area contributed by atoms with Gasteiger partial charge in [0.25, 0.3) is 0 Å². The van der Waals surface area contributed by atoms with Gasteiger partial charge in [0.1, 0.15) is 0 Å². The second-order valence-corrected chi connectivity index (χ2v) is 4.96. The van der Waals surface area contributed by atoms with Crippen LogP contribution in [0.1, 0.15) is 31.2 Å². The number of hydrogen-bond donors (Lipinski definition) is 1. The minimum Gasteiger partial charge on any atom is -0.391 e. The first-order valence-electron chi connectivity index (χ1n) is 6.51. The predicted molar refractivity (Wildman–Crippen MR) is 69.0 cm³/mol. The first-order valence-corrected chi connectivity index (χ1v) is 6.51. The molecule has 98 valence electrons. The topological polar surface area (TPSA) is 53.4 Å². The van der Waals surface area contributed by atoms with Crippen LogP contribution in [0.4, 0.5) is 0 Å². The minimum absolute atomic E-state index is 0.0251. The molecule has 1 fully saturated rings. The average Bonchev–Trinajstić information content (AvgIpc) is 2.39. The van der Waals surface area contributed by atoms with Crippen LogP contribution in [-0.2, 0) is 11.2 Å². The molecule has 1 aromatic heterocycles.